The highest BCUT2D eigenvalue weighted by molar-refractivity contribution is 6.05. The van der Waals surface area contributed by atoms with Crippen LogP contribution in [0.1, 0.15) is 10.4 Å². The molecule has 0 fully saturated rings. The maximum atomic E-state index is 12.2. The maximum Gasteiger partial charge on any atom is 0.257 e. The molecule has 0 aliphatic carbocycles. The molecule has 0 saturated heterocycles. The quantitative estimate of drug-likeness (QED) is 0.768. The fourth-order valence-electron chi connectivity index (χ4n) is 1.94. The number of benzene rings is 1. The number of anilines is 1. The van der Waals surface area contributed by atoms with Crippen LogP contribution in [0.5, 0.6) is 0 Å². The predicted octanol–water partition coefficient (Wildman–Crippen LogP) is 1.81. The van der Waals surface area contributed by atoms with E-state index in [9.17, 15) is 9.59 Å². The molecular formula is C15H12N4O2. The Hall–Kier alpha value is -3.15. The number of hydrogen-bond donors (Lipinski definition) is 2. The molecule has 6 heteroatoms. The molecular weight excluding hydrogens is 268 g/mol. The maximum absolute atomic E-state index is 12.2. The summed E-state index contributed by atoms with van der Waals surface area (Å²) in [5.41, 5.74) is 1.53. The van der Waals surface area contributed by atoms with Gasteiger partial charge in [-0.1, -0.05) is 12.1 Å². The number of aromatic nitrogens is 3. The monoisotopic (exact) mass is 280 g/mol. The third-order valence-electron chi connectivity index (χ3n) is 2.95. The zero-order valence-electron chi connectivity index (χ0n) is 11.0. The van der Waals surface area contributed by atoms with E-state index in [0.717, 1.165) is 5.69 Å². The van der Waals surface area contributed by atoms with Crippen LogP contribution in [0.4, 0.5) is 5.69 Å². The summed E-state index contributed by atoms with van der Waals surface area (Å²) in [5, 5.41) is 6.97. The highest BCUT2D eigenvalue weighted by Crippen LogP contribution is 2.19. The molecule has 0 aliphatic rings. The molecule has 0 saturated carbocycles. The van der Waals surface area contributed by atoms with Crippen molar-refractivity contribution in [2.45, 2.75) is 0 Å². The van der Waals surface area contributed by atoms with Crippen molar-refractivity contribution in [2.24, 2.45) is 0 Å². The molecule has 2 heterocycles. The van der Waals surface area contributed by atoms with Gasteiger partial charge >= 0.3 is 0 Å². The Bertz CT molecular complexity index is 801. The SMILES string of the molecule is O=C(Nc1ccccc1-n1cccn1)c1ccc(=O)[nH]c1. The Morgan fingerprint density at radius 3 is 2.71 bits per heavy atom. The first-order valence-electron chi connectivity index (χ1n) is 6.33. The molecule has 3 rings (SSSR count). The van der Waals surface area contributed by atoms with E-state index >= 15 is 0 Å². The lowest BCUT2D eigenvalue weighted by molar-refractivity contribution is 0.102. The van der Waals surface area contributed by atoms with Crippen LogP contribution in [0, 0.1) is 0 Å². The van der Waals surface area contributed by atoms with E-state index in [1.807, 2.05) is 18.2 Å². The average molecular weight is 280 g/mol. The van der Waals surface area contributed by atoms with Gasteiger partial charge in [0, 0.05) is 24.7 Å². The van der Waals surface area contributed by atoms with Crippen molar-refractivity contribution < 1.29 is 4.79 Å². The Morgan fingerprint density at radius 2 is 2.00 bits per heavy atom. The minimum atomic E-state index is -0.300. The van der Waals surface area contributed by atoms with Crippen molar-refractivity contribution in [1.82, 2.24) is 14.8 Å². The number of aromatic amines is 1. The first-order valence-corrected chi connectivity index (χ1v) is 6.33. The van der Waals surface area contributed by atoms with Gasteiger partial charge in [-0.2, -0.15) is 5.10 Å². The first-order chi connectivity index (χ1) is 10.2. The van der Waals surface area contributed by atoms with Crippen LogP contribution in [0.15, 0.2) is 65.8 Å². The summed E-state index contributed by atoms with van der Waals surface area (Å²) in [6, 6.07) is 11.9. The summed E-state index contributed by atoms with van der Waals surface area (Å²) < 4.78 is 1.67. The third kappa shape index (κ3) is 2.74. The van der Waals surface area contributed by atoms with E-state index in [1.54, 1.807) is 29.2 Å². The number of H-pyrrole nitrogens is 1. The Labute approximate surface area is 120 Å². The molecule has 1 aromatic carbocycles. The molecule has 0 unspecified atom stereocenters. The summed E-state index contributed by atoms with van der Waals surface area (Å²) in [4.78, 5) is 25.7. The molecule has 0 radical (unpaired) electrons. The summed E-state index contributed by atoms with van der Waals surface area (Å²) in [7, 11) is 0. The third-order valence-corrected chi connectivity index (χ3v) is 2.95. The summed E-state index contributed by atoms with van der Waals surface area (Å²) in [5.74, 6) is -0.300. The number of nitrogens with zero attached hydrogens (tertiary/aromatic N) is 2. The van der Waals surface area contributed by atoms with Gasteiger partial charge in [0.25, 0.3) is 5.91 Å². The minimum Gasteiger partial charge on any atom is -0.328 e. The fourth-order valence-corrected chi connectivity index (χ4v) is 1.94. The second kappa shape index (κ2) is 5.46. The molecule has 21 heavy (non-hydrogen) atoms. The van der Waals surface area contributed by atoms with Crippen LogP contribution < -0.4 is 10.9 Å². The van der Waals surface area contributed by atoms with E-state index in [0.29, 0.717) is 11.3 Å². The summed E-state index contributed by atoms with van der Waals surface area (Å²) >= 11 is 0. The number of carbonyl (C=O) groups is 1. The van der Waals surface area contributed by atoms with Crippen molar-refractivity contribution in [1.29, 1.82) is 0 Å². The molecule has 104 valence electrons. The van der Waals surface area contributed by atoms with Crippen LogP contribution in [0.3, 0.4) is 0 Å². The predicted molar refractivity (Wildman–Crippen MR) is 78.6 cm³/mol. The van der Waals surface area contributed by atoms with Crippen LogP contribution in [-0.4, -0.2) is 20.7 Å². The van der Waals surface area contributed by atoms with Gasteiger partial charge in [-0.3, -0.25) is 9.59 Å². The Balaban J connectivity index is 1.90. The number of hydrogen-bond acceptors (Lipinski definition) is 3. The van der Waals surface area contributed by atoms with Crippen molar-refractivity contribution >= 4 is 11.6 Å². The number of para-hydroxylation sites is 2. The van der Waals surface area contributed by atoms with E-state index < -0.39 is 0 Å². The van der Waals surface area contributed by atoms with Crippen LogP contribution in [-0.2, 0) is 0 Å². The Kier molecular flexibility index (Phi) is 3.34. The van der Waals surface area contributed by atoms with E-state index in [-0.39, 0.29) is 11.5 Å². The van der Waals surface area contributed by atoms with E-state index in [1.165, 1.54) is 18.3 Å². The average Bonchev–Trinajstić information content (AvgIpc) is 3.02. The van der Waals surface area contributed by atoms with Crippen molar-refractivity contribution in [3.8, 4) is 5.69 Å². The van der Waals surface area contributed by atoms with Crippen molar-refractivity contribution in [2.75, 3.05) is 5.32 Å². The van der Waals surface area contributed by atoms with Gasteiger partial charge in [0.1, 0.15) is 0 Å². The van der Waals surface area contributed by atoms with E-state index in [4.69, 9.17) is 0 Å². The first kappa shape index (κ1) is 12.9. The van der Waals surface area contributed by atoms with Crippen LogP contribution in [0.25, 0.3) is 5.69 Å². The summed E-state index contributed by atoms with van der Waals surface area (Å²) in [6.07, 6.45) is 4.85. The van der Waals surface area contributed by atoms with E-state index in [2.05, 4.69) is 15.4 Å². The molecule has 2 aromatic heterocycles. The van der Waals surface area contributed by atoms with Gasteiger partial charge in [-0.25, -0.2) is 4.68 Å². The Morgan fingerprint density at radius 1 is 1.14 bits per heavy atom. The van der Waals surface area contributed by atoms with Gasteiger partial charge in [0.15, 0.2) is 0 Å². The molecule has 0 aliphatic heterocycles. The van der Waals surface area contributed by atoms with Gasteiger partial charge in [0.2, 0.25) is 5.56 Å². The molecule has 0 bridgehead atoms. The molecule has 0 spiro atoms. The van der Waals surface area contributed by atoms with Crippen LogP contribution >= 0.6 is 0 Å². The van der Waals surface area contributed by atoms with Crippen molar-refractivity contribution in [3.05, 3.63) is 77.0 Å². The minimum absolute atomic E-state index is 0.247. The van der Waals surface area contributed by atoms with Gasteiger partial charge in [0.05, 0.1) is 16.9 Å². The molecule has 2 N–H and O–H groups in total. The van der Waals surface area contributed by atoms with Gasteiger partial charge in [-0.15, -0.1) is 0 Å². The van der Waals surface area contributed by atoms with Gasteiger partial charge in [-0.05, 0) is 24.3 Å². The van der Waals surface area contributed by atoms with Crippen LogP contribution in [0.2, 0.25) is 0 Å². The molecule has 6 nitrogen and oxygen atoms in total. The normalized spacial score (nSPS) is 10.3. The number of rotatable bonds is 3. The highest BCUT2D eigenvalue weighted by Gasteiger charge is 2.10. The fraction of sp³-hybridized carbons (Fsp3) is 0. The van der Waals surface area contributed by atoms with Gasteiger partial charge < -0.3 is 10.3 Å². The number of nitrogens with one attached hydrogen (secondary N) is 2. The lowest BCUT2D eigenvalue weighted by atomic mass is 10.2. The second-order valence-corrected chi connectivity index (χ2v) is 4.36. The summed E-state index contributed by atoms with van der Waals surface area (Å²) in [6.45, 7) is 0. The zero-order valence-corrected chi connectivity index (χ0v) is 11.0. The van der Waals surface area contributed by atoms with Crippen molar-refractivity contribution in [3.63, 3.8) is 0 Å². The lowest BCUT2D eigenvalue weighted by Gasteiger charge is -2.10. The number of amides is 1. The largest absolute Gasteiger partial charge is 0.328 e. The number of carbonyl (C=O) groups excluding carboxylic acids is 1. The molecule has 1 amide bonds. The highest BCUT2D eigenvalue weighted by atomic mass is 16.1. The molecule has 0 atom stereocenters. The number of pyridine rings is 1. The standard InChI is InChI=1S/C15H12N4O2/c20-14-7-6-11(10-16-14)15(21)18-12-4-1-2-5-13(12)19-9-3-8-17-19/h1-10H,(H,16,20)(H,18,21). The molecule has 3 aromatic rings. The second-order valence-electron chi connectivity index (χ2n) is 4.36. The topological polar surface area (TPSA) is 79.8 Å². The lowest BCUT2D eigenvalue weighted by Crippen LogP contribution is -2.16. The smallest absolute Gasteiger partial charge is 0.257 e. The zero-order chi connectivity index (χ0) is 14.7.